The van der Waals surface area contributed by atoms with E-state index < -0.39 is 36.5 Å². The van der Waals surface area contributed by atoms with Crippen molar-refractivity contribution in [2.75, 3.05) is 0 Å². The molecule has 0 aliphatic carbocycles. The molecule has 6 nitrogen and oxygen atoms in total. The van der Waals surface area contributed by atoms with Crippen molar-refractivity contribution < 1.29 is 23.8 Å². The Hall–Kier alpha value is -3.64. The van der Waals surface area contributed by atoms with E-state index in [-0.39, 0.29) is 6.61 Å². The molecule has 0 bridgehead atoms. The number of hydrogen-bond acceptors (Lipinski definition) is 5. The summed E-state index contributed by atoms with van der Waals surface area (Å²) in [7, 11) is 0. The molecule has 4 rings (SSSR count). The highest BCUT2D eigenvalue weighted by Crippen LogP contribution is 2.44. The molecule has 33 heavy (non-hydrogen) atoms. The summed E-state index contributed by atoms with van der Waals surface area (Å²) in [5.74, 6) is -0.477. The first-order chi connectivity index (χ1) is 16.0. The molecule has 4 atom stereocenters. The predicted octanol–water partition coefficient (Wildman–Crippen LogP) is 5.42. The Morgan fingerprint density at radius 3 is 1.97 bits per heavy atom. The van der Waals surface area contributed by atoms with E-state index in [0.717, 1.165) is 16.7 Å². The minimum absolute atomic E-state index is 0.138. The third kappa shape index (κ3) is 5.23. The number of esters is 1. The van der Waals surface area contributed by atoms with Gasteiger partial charge in [-0.3, -0.25) is 9.69 Å². The zero-order valence-corrected chi connectivity index (χ0v) is 18.7. The van der Waals surface area contributed by atoms with Gasteiger partial charge < -0.3 is 14.2 Å². The van der Waals surface area contributed by atoms with Crippen LogP contribution < -0.4 is 0 Å². The van der Waals surface area contributed by atoms with Crippen LogP contribution in [0, 0.1) is 0 Å². The van der Waals surface area contributed by atoms with Crippen LogP contribution in [0.25, 0.3) is 0 Å². The fourth-order valence-corrected chi connectivity index (χ4v) is 4.12. The first-order valence-electron chi connectivity index (χ1n) is 11.0. The largest absolute Gasteiger partial charge is 0.445 e. The Morgan fingerprint density at radius 1 is 0.848 bits per heavy atom. The van der Waals surface area contributed by atoms with E-state index in [2.05, 4.69) is 0 Å². The molecule has 0 saturated carbocycles. The molecule has 1 fully saturated rings. The van der Waals surface area contributed by atoms with Crippen LogP contribution in [-0.4, -0.2) is 29.3 Å². The number of nitrogens with zero attached hydrogens (tertiary/aromatic N) is 1. The maximum Gasteiger partial charge on any atom is 0.411 e. The zero-order chi connectivity index (χ0) is 23.2. The highest BCUT2D eigenvalue weighted by molar-refractivity contribution is 5.70. The van der Waals surface area contributed by atoms with Gasteiger partial charge in [-0.25, -0.2) is 4.79 Å². The third-order valence-electron chi connectivity index (χ3n) is 5.67. The number of carbonyl (C=O) groups is 2. The molecule has 0 aromatic heterocycles. The second-order valence-corrected chi connectivity index (χ2v) is 7.99. The molecule has 6 heteroatoms. The minimum atomic E-state index is -0.933. The first-order valence-corrected chi connectivity index (χ1v) is 11.0. The summed E-state index contributed by atoms with van der Waals surface area (Å²) in [6, 6.07) is 27.8. The lowest BCUT2D eigenvalue weighted by Gasteiger charge is -2.47. The molecule has 1 saturated heterocycles. The van der Waals surface area contributed by atoms with Crippen LogP contribution in [-0.2, 0) is 25.6 Å². The van der Waals surface area contributed by atoms with Gasteiger partial charge in [-0.05, 0) is 23.6 Å². The Bertz CT molecular complexity index is 1060. The molecule has 0 radical (unpaired) electrons. The molecule has 0 spiro atoms. The van der Waals surface area contributed by atoms with Crippen LogP contribution in [0.15, 0.2) is 91.0 Å². The Kier molecular flexibility index (Phi) is 7.05. The Balaban J connectivity index is 1.72. The fourth-order valence-electron chi connectivity index (χ4n) is 4.12. The molecule has 1 heterocycles. The van der Waals surface area contributed by atoms with Crippen molar-refractivity contribution in [3.05, 3.63) is 108 Å². The van der Waals surface area contributed by atoms with Gasteiger partial charge in [-0.15, -0.1) is 0 Å². The second kappa shape index (κ2) is 10.3. The van der Waals surface area contributed by atoms with E-state index in [1.165, 1.54) is 6.92 Å². The van der Waals surface area contributed by atoms with Gasteiger partial charge >= 0.3 is 12.1 Å². The summed E-state index contributed by atoms with van der Waals surface area (Å²) in [6.45, 7) is 3.27. The van der Waals surface area contributed by atoms with Crippen molar-refractivity contribution in [2.24, 2.45) is 0 Å². The third-order valence-corrected chi connectivity index (χ3v) is 5.67. The highest BCUT2D eigenvalue weighted by atomic mass is 16.7. The predicted molar refractivity (Wildman–Crippen MR) is 123 cm³/mol. The lowest BCUT2D eigenvalue weighted by Crippen LogP contribution is -2.56. The summed E-state index contributed by atoms with van der Waals surface area (Å²) in [5, 5.41) is 0. The summed E-state index contributed by atoms with van der Waals surface area (Å²) in [6.07, 6.45) is -1.99. The molecule has 1 amide bonds. The van der Waals surface area contributed by atoms with Crippen molar-refractivity contribution in [1.82, 2.24) is 4.90 Å². The van der Waals surface area contributed by atoms with Crippen molar-refractivity contribution in [2.45, 2.75) is 44.9 Å². The van der Waals surface area contributed by atoms with Crippen LogP contribution in [0.1, 0.15) is 42.7 Å². The normalized spacial score (nSPS) is 22.4. The number of ether oxygens (including phenoxy) is 3. The molecule has 170 valence electrons. The number of hydrogen-bond donors (Lipinski definition) is 0. The quantitative estimate of drug-likeness (QED) is 0.491. The lowest BCUT2D eigenvalue weighted by atomic mass is 9.91. The standard InChI is InChI=1S/C27H27NO5/c1-19-26(32-20(2)29)33-25(23-16-10-5-11-17-23)24(22-14-8-4-9-15-22)28(19)27(30)31-18-21-12-6-3-7-13-21/h3-17,19,24-26H,18H2,1-2H3/t19-,24-,25+,26?/m1/s1. The van der Waals surface area contributed by atoms with E-state index in [0.29, 0.717) is 0 Å². The molecule has 1 aliphatic rings. The number of benzene rings is 3. The summed E-state index contributed by atoms with van der Waals surface area (Å²) < 4.78 is 17.5. The smallest absolute Gasteiger partial charge is 0.411 e. The van der Waals surface area contributed by atoms with E-state index in [1.54, 1.807) is 11.8 Å². The van der Waals surface area contributed by atoms with Gasteiger partial charge in [0.05, 0.1) is 12.1 Å². The van der Waals surface area contributed by atoms with Crippen molar-refractivity contribution in [1.29, 1.82) is 0 Å². The molecule has 3 aromatic carbocycles. The fraction of sp³-hybridized carbons (Fsp3) is 0.259. The van der Waals surface area contributed by atoms with E-state index in [1.807, 2.05) is 91.0 Å². The summed E-state index contributed by atoms with van der Waals surface area (Å²) >= 11 is 0. The average Bonchev–Trinajstić information content (AvgIpc) is 2.85. The maximum atomic E-state index is 13.5. The highest BCUT2D eigenvalue weighted by Gasteiger charge is 2.47. The minimum Gasteiger partial charge on any atom is -0.445 e. The first kappa shape index (κ1) is 22.6. The SMILES string of the molecule is CC(=O)OC1O[C@@H](c2ccccc2)[C@@H](c2ccccc2)N(C(=O)OCc2ccccc2)[C@@H]1C. The van der Waals surface area contributed by atoms with Crippen LogP contribution in [0.2, 0.25) is 0 Å². The van der Waals surface area contributed by atoms with Crippen molar-refractivity contribution in [3.63, 3.8) is 0 Å². The monoisotopic (exact) mass is 445 g/mol. The Labute approximate surface area is 193 Å². The molecular formula is C27H27NO5. The van der Waals surface area contributed by atoms with Gasteiger partial charge in [-0.1, -0.05) is 91.0 Å². The van der Waals surface area contributed by atoms with Gasteiger partial charge in [0, 0.05) is 6.92 Å². The summed E-state index contributed by atoms with van der Waals surface area (Å²) in [5.41, 5.74) is 2.66. The zero-order valence-electron chi connectivity index (χ0n) is 18.7. The Morgan fingerprint density at radius 2 is 1.39 bits per heavy atom. The van der Waals surface area contributed by atoms with Crippen molar-refractivity contribution >= 4 is 12.1 Å². The van der Waals surface area contributed by atoms with Crippen molar-refractivity contribution in [3.8, 4) is 0 Å². The van der Waals surface area contributed by atoms with E-state index in [9.17, 15) is 9.59 Å². The lowest BCUT2D eigenvalue weighted by molar-refractivity contribution is -0.242. The molecule has 0 N–H and O–H groups in total. The number of carbonyl (C=O) groups excluding carboxylic acids is 2. The number of rotatable bonds is 5. The average molecular weight is 446 g/mol. The van der Waals surface area contributed by atoms with Crippen LogP contribution in [0.5, 0.6) is 0 Å². The maximum absolute atomic E-state index is 13.5. The molecule has 1 aliphatic heterocycles. The van der Waals surface area contributed by atoms with Gasteiger partial charge in [0.25, 0.3) is 0 Å². The summed E-state index contributed by atoms with van der Waals surface area (Å²) in [4.78, 5) is 26.9. The molecule has 1 unspecified atom stereocenters. The number of amides is 1. The van der Waals surface area contributed by atoms with Crippen LogP contribution in [0.4, 0.5) is 4.79 Å². The van der Waals surface area contributed by atoms with E-state index >= 15 is 0 Å². The van der Waals surface area contributed by atoms with Crippen LogP contribution >= 0.6 is 0 Å². The second-order valence-electron chi connectivity index (χ2n) is 7.99. The van der Waals surface area contributed by atoms with Gasteiger partial charge in [0.2, 0.25) is 6.29 Å². The van der Waals surface area contributed by atoms with Gasteiger partial charge in [0.1, 0.15) is 12.7 Å². The molecule has 3 aromatic rings. The van der Waals surface area contributed by atoms with Gasteiger partial charge in [-0.2, -0.15) is 0 Å². The molecular weight excluding hydrogens is 418 g/mol. The van der Waals surface area contributed by atoms with E-state index in [4.69, 9.17) is 14.2 Å². The van der Waals surface area contributed by atoms with Gasteiger partial charge in [0.15, 0.2) is 0 Å². The topological polar surface area (TPSA) is 65.1 Å². The van der Waals surface area contributed by atoms with Crippen LogP contribution in [0.3, 0.4) is 0 Å². The number of morpholine rings is 1.